The third kappa shape index (κ3) is 3.67. The average Bonchev–Trinajstić information content (AvgIpc) is 2.28. The molecular formula is C11H14Cl2N2O. The zero-order valence-electron chi connectivity index (χ0n) is 9.18. The highest BCUT2D eigenvalue weighted by atomic mass is 35.5. The number of amides is 1. The Morgan fingerprint density at radius 1 is 1.44 bits per heavy atom. The van der Waals surface area contributed by atoms with E-state index in [1.807, 2.05) is 0 Å². The minimum atomic E-state index is -0.264. The molecule has 0 fully saturated rings. The first-order valence-electron chi connectivity index (χ1n) is 4.93. The highest BCUT2D eigenvalue weighted by Crippen LogP contribution is 2.20. The molecule has 0 heterocycles. The van der Waals surface area contributed by atoms with Crippen molar-refractivity contribution in [3.63, 3.8) is 0 Å². The van der Waals surface area contributed by atoms with E-state index in [2.05, 4.69) is 10.6 Å². The summed E-state index contributed by atoms with van der Waals surface area (Å²) in [5, 5.41) is 6.90. The van der Waals surface area contributed by atoms with Gasteiger partial charge in [-0.25, -0.2) is 0 Å². The van der Waals surface area contributed by atoms with Gasteiger partial charge in [0.2, 0.25) is 5.91 Å². The summed E-state index contributed by atoms with van der Waals surface area (Å²) in [5.74, 6) is -0.0573. The van der Waals surface area contributed by atoms with Crippen LogP contribution in [0.15, 0.2) is 18.2 Å². The summed E-state index contributed by atoms with van der Waals surface area (Å²) in [7, 11) is 1.60. The van der Waals surface area contributed by atoms with E-state index in [4.69, 9.17) is 23.2 Å². The van der Waals surface area contributed by atoms with Gasteiger partial charge in [-0.3, -0.25) is 4.79 Å². The highest BCUT2D eigenvalue weighted by Gasteiger charge is 2.10. The predicted molar refractivity (Wildman–Crippen MR) is 66.8 cm³/mol. The summed E-state index contributed by atoms with van der Waals surface area (Å²) in [6.45, 7) is 2.30. The molecule has 0 radical (unpaired) electrons. The molecule has 1 aromatic carbocycles. The van der Waals surface area contributed by atoms with Crippen LogP contribution < -0.4 is 10.6 Å². The van der Waals surface area contributed by atoms with E-state index in [-0.39, 0.29) is 11.9 Å². The molecule has 16 heavy (non-hydrogen) atoms. The van der Waals surface area contributed by atoms with E-state index in [1.54, 1.807) is 32.2 Å². The SMILES string of the molecule is CNC(=O)[C@@H](C)NCc1cc(Cl)ccc1Cl. The van der Waals surface area contributed by atoms with Crippen LogP contribution in [0.1, 0.15) is 12.5 Å². The number of carbonyl (C=O) groups excluding carboxylic acids is 1. The maximum absolute atomic E-state index is 11.3. The Kier molecular flexibility index (Phi) is 5.06. The molecule has 5 heteroatoms. The van der Waals surface area contributed by atoms with Crippen molar-refractivity contribution in [2.24, 2.45) is 0 Å². The third-order valence-corrected chi connectivity index (χ3v) is 2.85. The van der Waals surface area contributed by atoms with E-state index >= 15 is 0 Å². The summed E-state index contributed by atoms with van der Waals surface area (Å²) in [5.41, 5.74) is 0.880. The fourth-order valence-corrected chi connectivity index (χ4v) is 1.63. The van der Waals surface area contributed by atoms with Gasteiger partial charge in [0.1, 0.15) is 0 Å². The van der Waals surface area contributed by atoms with Gasteiger partial charge < -0.3 is 10.6 Å². The minimum absolute atomic E-state index is 0.0573. The summed E-state index contributed by atoms with van der Waals surface area (Å²) >= 11 is 11.9. The van der Waals surface area contributed by atoms with Crippen LogP contribution in [0.5, 0.6) is 0 Å². The zero-order chi connectivity index (χ0) is 12.1. The monoisotopic (exact) mass is 260 g/mol. The molecule has 0 aliphatic heterocycles. The fraction of sp³-hybridized carbons (Fsp3) is 0.364. The van der Waals surface area contributed by atoms with Crippen LogP contribution in [0.3, 0.4) is 0 Å². The first kappa shape index (κ1) is 13.3. The number of carbonyl (C=O) groups is 1. The Bertz CT molecular complexity index is 382. The topological polar surface area (TPSA) is 41.1 Å². The Hall–Kier alpha value is -0.770. The number of halogens is 2. The van der Waals surface area contributed by atoms with E-state index in [0.29, 0.717) is 16.6 Å². The lowest BCUT2D eigenvalue weighted by atomic mass is 10.2. The molecule has 0 spiro atoms. The van der Waals surface area contributed by atoms with Crippen LogP contribution in [-0.4, -0.2) is 19.0 Å². The second-order valence-corrected chi connectivity index (χ2v) is 4.30. The number of hydrogen-bond donors (Lipinski definition) is 2. The van der Waals surface area contributed by atoms with Gasteiger partial charge in [-0.1, -0.05) is 23.2 Å². The van der Waals surface area contributed by atoms with Gasteiger partial charge in [-0.05, 0) is 30.7 Å². The van der Waals surface area contributed by atoms with Crippen molar-refractivity contribution >= 4 is 29.1 Å². The molecule has 1 rings (SSSR count). The number of rotatable bonds is 4. The number of hydrogen-bond acceptors (Lipinski definition) is 2. The number of benzene rings is 1. The molecule has 0 aliphatic carbocycles. The van der Waals surface area contributed by atoms with E-state index < -0.39 is 0 Å². The maximum atomic E-state index is 11.3. The van der Waals surface area contributed by atoms with Gasteiger partial charge in [0.15, 0.2) is 0 Å². The Labute approximate surface area is 105 Å². The Balaban J connectivity index is 2.60. The van der Waals surface area contributed by atoms with Gasteiger partial charge in [-0.15, -0.1) is 0 Å². The van der Waals surface area contributed by atoms with E-state index in [1.165, 1.54) is 0 Å². The third-order valence-electron chi connectivity index (χ3n) is 2.25. The van der Waals surface area contributed by atoms with Crippen molar-refractivity contribution in [2.45, 2.75) is 19.5 Å². The molecule has 1 amide bonds. The number of nitrogens with one attached hydrogen (secondary N) is 2. The minimum Gasteiger partial charge on any atom is -0.358 e. The molecule has 0 saturated heterocycles. The lowest BCUT2D eigenvalue weighted by Crippen LogP contribution is -2.40. The van der Waals surface area contributed by atoms with Gasteiger partial charge in [0, 0.05) is 23.6 Å². The Morgan fingerprint density at radius 3 is 2.75 bits per heavy atom. The quantitative estimate of drug-likeness (QED) is 0.872. The molecule has 3 nitrogen and oxygen atoms in total. The molecule has 0 unspecified atom stereocenters. The summed E-state index contributed by atoms with van der Waals surface area (Å²) in [4.78, 5) is 11.3. The lowest BCUT2D eigenvalue weighted by molar-refractivity contribution is -0.122. The summed E-state index contributed by atoms with van der Waals surface area (Å²) in [6.07, 6.45) is 0. The summed E-state index contributed by atoms with van der Waals surface area (Å²) < 4.78 is 0. The van der Waals surface area contributed by atoms with Crippen LogP contribution >= 0.6 is 23.2 Å². The van der Waals surface area contributed by atoms with Crippen LogP contribution in [0.25, 0.3) is 0 Å². The normalized spacial score (nSPS) is 12.2. The molecular weight excluding hydrogens is 247 g/mol. The predicted octanol–water partition coefficient (Wildman–Crippen LogP) is 2.22. The molecule has 0 aliphatic rings. The number of likely N-dealkylation sites (N-methyl/N-ethyl adjacent to an activating group) is 1. The van der Waals surface area contributed by atoms with Crippen LogP contribution in [-0.2, 0) is 11.3 Å². The maximum Gasteiger partial charge on any atom is 0.236 e. The van der Waals surface area contributed by atoms with Crippen molar-refractivity contribution in [3.8, 4) is 0 Å². The molecule has 88 valence electrons. The van der Waals surface area contributed by atoms with Crippen molar-refractivity contribution < 1.29 is 4.79 Å². The first-order valence-corrected chi connectivity index (χ1v) is 5.69. The smallest absolute Gasteiger partial charge is 0.236 e. The van der Waals surface area contributed by atoms with E-state index in [9.17, 15) is 4.79 Å². The van der Waals surface area contributed by atoms with Crippen molar-refractivity contribution in [1.29, 1.82) is 0 Å². The summed E-state index contributed by atoms with van der Waals surface area (Å²) in [6, 6.07) is 4.99. The van der Waals surface area contributed by atoms with Gasteiger partial charge in [0.25, 0.3) is 0 Å². The highest BCUT2D eigenvalue weighted by molar-refractivity contribution is 6.33. The van der Waals surface area contributed by atoms with Crippen LogP contribution in [0.4, 0.5) is 0 Å². The van der Waals surface area contributed by atoms with Gasteiger partial charge in [-0.2, -0.15) is 0 Å². The molecule has 1 atom stereocenters. The molecule has 2 N–H and O–H groups in total. The van der Waals surface area contributed by atoms with Crippen LogP contribution in [0, 0.1) is 0 Å². The second-order valence-electron chi connectivity index (χ2n) is 3.45. The van der Waals surface area contributed by atoms with Crippen molar-refractivity contribution in [2.75, 3.05) is 7.05 Å². The molecule has 0 aromatic heterocycles. The van der Waals surface area contributed by atoms with Crippen molar-refractivity contribution in [1.82, 2.24) is 10.6 Å². The average molecular weight is 261 g/mol. The van der Waals surface area contributed by atoms with Crippen LogP contribution in [0.2, 0.25) is 10.0 Å². The Morgan fingerprint density at radius 2 is 2.12 bits per heavy atom. The first-order chi connectivity index (χ1) is 7.54. The van der Waals surface area contributed by atoms with Crippen molar-refractivity contribution in [3.05, 3.63) is 33.8 Å². The van der Waals surface area contributed by atoms with Gasteiger partial charge in [0.05, 0.1) is 6.04 Å². The molecule has 1 aromatic rings. The van der Waals surface area contributed by atoms with E-state index in [0.717, 1.165) is 5.56 Å². The fourth-order valence-electron chi connectivity index (χ4n) is 1.25. The second kappa shape index (κ2) is 6.09. The molecule has 0 saturated carbocycles. The zero-order valence-corrected chi connectivity index (χ0v) is 10.7. The largest absolute Gasteiger partial charge is 0.358 e. The van der Waals surface area contributed by atoms with Gasteiger partial charge >= 0.3 is 0 Å². The molecule has 0 bridgehead atoms. The standard InChI is InChI=1S/C11H14Cl2N2O/c1-7(11(16)14-2)15-6-8-5-9(12)3-4-10(8)13/h3-5,7,15H,6H2,1-2H3,(H,14,16)/t7-/m1/s1. The lowest BCUT2D eigenvalue weighted by Gasteiger charge is -2.13.